The molecule has 0 aromatic heterocycles. The molecule has 0 fully saturated rings. The summed E-state index contributed by atoms with van der Waals surface area (Å²) in [6.07, 6.45) is 0.343. The van der Waals surface area contributed by atoms with Crippen molar-refractivity contribution in [2.75, 3.05) is 0 Å². The molecule has 0 spiro atoms. The van der Waals surface area contributed by atoms with E-state index in [1.54, 1.807) is 38.1 Å². The highest BCUT2D eigenvalue weighted by atomic mass is 16.4. The topological polar surface area (TPSA) is 57.5 Å². The highest BCUT2D eigenvalue weighted by Crippen LogP contribution is 2.16. The molecule has 3 nitrogen and oxygen atoms in total. The summed E-state index contributed by atoms with van der Waals surface area (Å²) in [5.41, 5.74) is 0.0353. The lowest BCUT2D eigenvalue weighted by Gasteiger charge is -2.18. The first-order valence-corrected chi connectivity index (χ1v) is 4.44. The summed E-state index contributed by atoms with van der Waals surface area (Å²) >= 11 is 0. The lowest BCUT2D eigenvalue weighted by molar-refractivity contribution is 0.0686. The minimum Gasteiger partial charge on any atom is -0.478 e. The molecule has 0 bridgehead atoms. The van der Waals surface area contributed by atoms with Gasteiger partial charge < -0.3 is 10.2 Å². The van der Waals surface area contributed by atoms with Crippen molar-refractivity contribution in [3.63, 3.8) is 0 Å². The second-order valence-corrected chi connectivity index (χ2v) is 3.95. The summed E-state index contributed by atoms with van der Waals surface area (Å²) in [5, 5.41) is 18.5. The second kappa shape index (κ2) is 3.80. The molecule has 0 aliphatic heterocycles. The van der Waals surface area contributed by atoms with Gasteiger partial charge in [-0.1, -0.05) is 18.2 Å². The summed E-state index contributed by atoms with van der Waals surface area (Å²) in [6, 6.07) is 6.72. The van der Waals surface area contributed by atoms with Gasteiger partial charge in [-0.2, -0.15) is 0 Å². The predicted octanol–water partition coefficient (Wildman–Crippen LogP) is 1.70. The molecule has 2 N–H and O–H groups in total. The maximum Gasteiger partial charge on any atom is 0.335 e. The first kappa shape index (κ1) is 10.7. The Balaban J connectivity index is 3.02. The molecule has 0 saturated heterocycles. The minimum atomic E-state index is -0.954. The highest BCUT2D eigenvalue weighted by molar-refractivity contribution is 5.89. The van der Waals surface area contributed by atoms with Crippen molar-refractivity contribution in [2.45, 2.75) is 25.9 Å². The molecule has 0 aliphatic rings. The van der Waals surface area contributed by atoms with Crippen LogP contribution in [0.1, 0.15) is 29.8 Å². The van der Waals surface area contributed by atoms with E-state index in [1.165, 1.54) is 0 Å². The van der Waals surface area contributed by atoms with Gasteiger partial charge in [-0.3, -0.25) is 0 Å². The number of rotatable bonds is 3. The Morgan fingerprint density at radius 3 is 2.43 bits per heavy atom. The Morgan fingerprint density at radius 1 is 1.36 bits per heavy atom. The third-order valence-corrected chi connectivity index (χ3v) is 1.87. The zero-order valence-electron chi connectivity index (χ0n) is 8.32. The van der Waals surface area contributed by atoms with Crippen molar-refractivity contribution >= 4 is 5.97 Å². The fourth-order valence-corrected chi connectivity index (χ4v) is 1.35. The number of aromatic carboxylic acids is 1. The van der Waals surface area contributed by atoms with E-state index in [1.807, 2.05) is 0 Å². The largest absolute Gasteiger partial charge is 0.478 e. The zero-order chi connectivity index (χ0) is 10.8. The average molecular weight is 194 g/mol. The van der Waals surface area contributed by atoms with Crippen LogP contribution in [-0.4, -0.2) is 21.8 Å². The summed E-state index contributed by atoms with van der Waals surface area (Å²) in [5.74, 6) is -0.954. The van der Waals surface area contributed by atoms with Crippen molar-refractivity contribution in [2.24, 2.45) is 0 Å². The van der Waals surface area contributed by atoms with Crippen molar-refractivity contribution in [1.29, 1.82) is 0 Å². The van der Waals surface area contributed by atoms with Crippen LogP contribution < -0.4 is 0 Å². The number of benzene rings is 1. The van der Waals surface area contributed by atoms with E-state index < -0.39 is 11.6 Å². The maximum absolute atomic E-state index is 10.8. The van der Waals surface area contributed by atoms with Crippen LogP contribution in [0.5, 0.6) is 0 Å². The van der Waals surface area contributed by atoms with Crippen LogP contribution in [0.25, 0.3) is 0 Å². The van der Waals surface area contributed by atoms with E-state index in [0.717, 1.165) is 0 Å². The maximum atomic E-state index is 10.8. The third kappa shape index (κ3) is 2.85. The number of hydrogen-bond donors (Lipinski definition) is 2. The van der Waals surface area contributed by atoms with E-state index in [4.69, 9.17) is 5.11 Å². The van der Waals surface area contributed by atoms with Crippen molar-refractivity contribution < 1.29 is 15.0 Å². The molecule has 0 radical (unpaired) electrons. The van der Waals surface area contributed by atoms with E-state index >= 15 is 0 Å². The molecular formula is C11H14O3. The van der Waals surface area contributed by atoms with Crippen LogP contribution in [0.3, 0.4) is 0 Å². The number of carboxylic acids is 1. The molecule has 14 heavy (non-hydrogen) atoms. The Labute approximate surface area is 83.0 Å². The average Bonchev–Trinajstić information content (AvgIpc) is 2.01. The molecule has 0 amide bonds. The molecule has 0 aliphatic carbocycles. The number of carbonyl (C=O) groups is 1. The van der Waals surface area contributed by atoms with Gasteiger partial charge >= 0.3 is 5.97 Å². The third-order valence-electron chi connectivity index (χ3n) is 1.87. The van der Waals surface area contributed by atoms with Gasteiger partial charge in [0.15, 0.2) is 0 Å². The normalized spacial score (nSPS) is 11.4. The summed E-state index contributed by atoms with van der Waals surface area (Å²) in [6.45, 7) is 3.32. The van der Waals surface area contributed by atoms with Gasteiger partial charge in [0.2, 0.25) is 0 Å². The first-order chi connectivity index (χ1) is 6.40. The number of hydrogen-bond acceptors (Lipinski definition) is 2. The molecule has 0 saturated carbocycles. The van der Waals surface area contributed by atoms with E-state index in [9.17, 15) is 9.90 Å². The summed E-state index contributed by atoms with van der Waals surface area (Å²) < 4.78 is 0. The van der Waals surface area contributed by atoms with E-state index in [0.29, 0.717) is 12.0 Å². The van der Waals surface area contributed by atoms with E-state index in [2.05, 4.69) is 0 Å². The first-order valence-electron chi connectivity index (χ1n) is 4.44. The summed E-state index contributed by atoms with van der Waals surface area (Å²) in [4.78, 5) is 10.8. The standard InChI is InChI=1S/C11H14O3/c1-11(2,14)7-8-5-3-4-6-9(8)10(12)13/h3-6,14H,7H2,1-2H3,(H,12,13). The van der Waals surface area contributed by atoms with Gasteiger partial charge in [0.1, 0.15) is 0 Å². The SMILES string of the molecule is CC(C)(O)Cc1ccccc1C(=O)O. The second-order valence-electron chi connectivity index (χ2n) is 3.95. The van der Waals surface area contributed by atoms with Crippen molar-refractivity contribution in [3.05, 3.63) is 35.4 Å². The molecule has 1 aromatic rings. The van der Waals surface area contributed by atoms with E-state index in [-0.39, 0.29) is 5.56 Å². The predicted molar refractivity (Wildman–Crippen MR) is 53.4 cm³/mol. The smallest absolute Gasteiger partial charge is 0.335 e. The lowest BCUT2D eigenvalue weighted by atomic mass is 9.95. The van der Waals surface area contributed by atoms with Crippen molar-refractivity contribution in [3.8, 4) is 0 Å². The van der Waals surface area contributed by atoms with Crippen LogP contribution in [0.15, 0.2) is 24.3 Å². The fraction of sp³-hybridized carbons (Fsp3) is 0.364. The molecule has 0 atom stereocenters. The van der Waals surface area contributed by atoms with Crippen LogP contribution in [-0.2, 0) is 6.42 Å². The molecule has 76 valence electrons. The molecule has 0 unspecified atom stereocenters. The molecular weight excluding hydrogens is 180 g/mol. The van der Waals surface area contributed by atoms with Crippen LogP contribution in [0.4, 0.5) is 0 Å². The quantitative estimate of drug-likeness (QED) is 0.770. The monoisotopic (exact) mass is 194 g/mol. The van der Waals surface area contributed by atoms with Crippen molar-refractivity contribution in [1.82, 2.24) is 0 Å². The van der Waals surface area contributed by atoms with Gasteiger partial charge in [-0.05, 0) is 25.5 Å². The number of carboxylic acid groups (broad SMARTS) is 1. The Bertz CT molecular complexity index is 337. The van der Waals surface area contributed by atoms with Crippen LogP contribution >= 0.6 is 0 Å². The minimum absolute atomic E-state index is 0.259. The molecule has 0 heterocycles. The van der Waals surface area contributed by atoms with Gasteiger partial charge in [0.25, 0.3) is 0 Å². The highest BCUT2D eigenvalue weighted by Gasteiger charge is 2.17. The fourth-order valence-electron chi connectivity index (χ4n) is 1.35. The van der Waals surface area contributed by atoms with Gasteiger partial charge in [0, 0.05) is 6.42 Å². The van der Waals surface area contributed by atoms with Gasteiger partial charge in [-0.25, -0.2) is 4.79 Å². The van der Waals surface area contributed by atoms with Gasteiger partial charge in [-0.15, -0.1) is 0 Å². The Morgan fingerprint density at radius 2 is 1.93 bits per heavy atom. The number of aliphatic hydroxyl groups is 1. The Kier molecular flexibility index (Phi) is 2.91. The zero-order valence-corrected chi connectivity index (χ0v) is 8.32. The lowest BCUT2D eigenvalue weighted by Crippen LogP contribution is -2.23. The van der Waals surface area contributed by atoms with Crippen LogP contribution in [0, 0.1) is 0 Å². The van der Waals surface area contributed by atoms with Gasteiger partial charge in [0.05, 0.1) is 11.2 Å². The summed E-state index contributed by atoms with van der Waals surface area (Å²) in [7, 11) is 0. The molecule has 1 rings (SSSR count). The molecule has 3 heteroatoms. The molecule has 1 aromatic carbocycles. The Hall–Kier alpha value is -1.35. The van der Waals surface area contributed by atoms with Crippen LogP contribution in [0.2, 0.25) is 0 Å².